The van der Waals surface area contributed by atoms with Gasteiger partial charge in [0.15, 0.2) is 0 Å². The summed E-state index contributed by atoms with van der Waals surface area (Å²) >= 11 is 3.75. The number of rotatable bonds is 7. The summed E-state index contributed by atoms with van der Waals surface area (Å²) in [6, 6.07) is 89.7. The molecule has 0 aliphatic rings. The van der Waals surface area contributed by atoms with Crippen LogP contribution in [0.4, 0.5) is 17.1 Å². The number of hydrogen-bond acceptors (Lipinski definition) is 3. The molecule has 0 N–H and O–H groups in total. The largest absolute Gasteiger partial charge is 0.310 e. The van der Waals surface area contributed by atoms with Gasteiger partial charge >= 0.3 is 0 Å². The number of hydrogen-bond donors (Lipinski definition) is 0. The summed E-state index contributed by atoms with van der Waals surface area (Å²) in [5.41, 5.74) is 14.0. The maximum absolute atomic E-state index is 2.51. The molecule has 0 bridgehead atoms. The Labute approximate surface area is 401 Å². The first kappa shape index (κ1) is 38.9. The fourth-order valence-electron chi connectivity index (χ4n) is 10.7. The van der Waals surface area contributed by atoms with Crippen LogP contribution < -0.4 is 4.90 Å². The maximum Gasteiger partial charge on any atom is 0.0541 e. The van der Waals surface area contributed by atoms with Gasteiger partial charge in [-0.25, -0.2) is 0 Å². The lowest BCUT2D eigenvalue weighted by Crippen LogP contribution is -2.11. The van der Waals surface area contributed by atoms with Crippen molar-refractivity contribution >= 4 is 113 Å². The lowest BCUT2D eigenvalue weighted by molar-refractivity contribution is 1.18. The first-order valence-electron chi connectivity index (χ1n) is 23.2. The van der Waals surface area contributed by atoms with Crippen molar-refractivity contribution in [2.45, 2.75) is 0 Å². The molecule has 0 radical (unpaired) electrons. The summed E-state index contributed by atoms with van der Waals surface area (Å²) in [5.74, 6) is 0. The van der Waals surface area contributed by atoms with Crippen LogP contribution in [0.3, 0.4) is 0 Å². The Morgan fingerprint density at radius 1 is 0.309 bits per heavy atom. The van der Waals surface area contributed by atoms with Gasteiger partial charge in [-0.15, -0.1) is 22.7 Å². The minimum atomic E-state index is 1.09. The van der Waals surface area contributed by atoms with Gasteiger partial charge < -0.3 is 9.47 Å². The van der Waals surface area contributed by atoms with Crippen LogP contribution in [0.5, 0.6) is 0 Å². The second-order valence-electron chi connectivity index (χ2n) is 17.6. The lowest BCUT2D eigenvalue weighted by Gasteiger charge is -2.29. The van der Waals surface area contributed by atoms with Crippen LogP contribution in [-0.2, 0) is 0 Å². The zero-order valence-electron chi connectivity index (χ0n) is 36.8. The Hall–Kier alpha value is -8.28. The molecule has 0 spiro atoms. The van der Waals surface area contributed by atoms with E-state index >= 15 is 0 Å². The van der Waals surface area contributed by atoms with Gasteiger partial charge in [-0.2, -0.15) is 0 Å². The molecule has 11 aromatic carbocycles. The predicted octanol–water partition coefficient (Wildman–Crippen LogP) is 19.1. The molecule has 3 heterocycles. The lowest BCUT2D eigenvalue weighted by atomic mass is 9.96. The van der Waals surface area contributed by atoms with Crippen molar-refractivity contribution in [2.24, 2.45) is 0 Å². The van der Waals surface area contributed by atoms with Crippen LogP contribution in [0, 0.1) is 0 Å². The van der Waals surface area contributed by atoms with E-state index < -0.39 is 0 Å². The fourth-order valence-corrected chi connectivity index (χ4v) is 13.0. The molecule has 3 aromatic heterocycles. The van der Waals surface area contributed by atoms with Gasteiger partial charge in [-0.3, -0.25) is 0 Å². The SMILES string of the molecule is c1cc(-c2cccc3ccccc23)cc(N(c2cc(-c3cccc(-n4c5ccccc5c5ccccc54)c3)c3sc4ccccc4c3c2)c2ccccc2-c2ccc3sc4ccccc4c3c2)c1. The Bertz CT molecular complexity index is 4240. The van der Waals surface area contributed by atoms with Crippen LogP contribution in [0.15, 0.2) is 243 Å². The van der Waals surface area contributed by atoms with Gasteiger partial charge in [-0.05, 0) is 112 Å². The highest BCUT2D eigenvalue weighted by Crippen LogP contribution is 2.49. The van der Waals surface area contributed by atoms with E-state index in [0.717, 1.165) is 22.7 Å². The molecule has 0 aliphatic heterocycles. The molecule has 14 rings (SSSR count). The fraction of sp³-hybridized carbons (Fsp3) is 0. The quantitative estimate of drug-likeness (QED) is 0.155. The zero-order valence-corrected chi connectivity index (χ0v) is 38.4. The van der Waals surface area contributed by atoms with Crippen molar-refractivity contribution in [3.8, 4) is 39.1 Å². The van der Waals surface area contributed by atoms with Gasteiger partial charge in [0.1, 0.15) is 0 Å². The third-order valence-electron chi connectivity index (χ3n) is 13.8. The summed E-state index contributed by atoms with van der Waals surface area (Å²) in [5, 5.41) is 10.1. The van der Waals surface area contributed by atoms with E-state index in [1.165, 1.54) is 106 Å². The van der Waals surface area contributed by atoms with Crippen molar-refractivity contribution in [1.82, 2.24) is 4.57 Å². The van der Waals surface area contributed by atoms with Gasteiger partial charge in [-0.1, -0.05) is 164 Å². The number of nitrogens with zero attached hydrogens (tertiary/aromatic N) is 2. The Kier molecular flexibility index (Phi) is 8.98. The summed E-state index contributed by atoms with van der Waals surface area (Å²) < 4.78 is 7.60. The minimum absolute atomic E-state index is 1.09. The molecule has 0 atom stereocenters. The number of benzene rings is 11. The number of para-hydroxylation sites is 3. The Morgan fingerprint density at radius 2 is 0.882 bits per heavy atom. The second kappa shape index (κ2) is 15.7. The smallest absolute Gasteiger partial charge is 0.0541 e. The van der Waals surface area contributed by atoms with Crippen molar-refractivity contribution in [1.29, 1.82) is 0 Å². The van der Waals surface area contributed by atoms with E-state index in [1.54, 1.807) is 0 Å². The van der Waals surface area contributed by atoms with E-state index in [4.69, 9.17) is 0 Å². The summed E-state index contributed by atoms with van der Waals surface area (Å²) in [6.45, 7) is 0. The van der Waals surface area contributed by atoms with Crippen LogP contribution in [0.1, 0.15) is 0 Å². The molecule has 0 aliphatic carbocycles. The third-order valence-corrected chi connectivity index (χ3v) is 16.1. The molecule has 0 saturated heterocycles. The standard InChI is InChI=1S/C64H40N2S2/c1-2-22-48-41(16-1)17-15-28-49(48)42-18-13-20-45(36-42)65(58-29-8-3-23-50(58)44-34-35-63-56(38-44)53-26-6-11-32-61(53)67-63)47-39-55(64-57(40-47)54-27-7-12-33-62(54)68-64)43-19-14-21-46(37-43)66-59-30-9-4-24-51(59)52-25-5-10-31-60(52)66/h1-40H. The molecule has 14 aromatic rings. The average Bonchev–Trinajstić information content (AvgIpc) is 4.08. The van der Waals surface area contributed by atoms with Gasteiger partial charge in [0.25, 0.3) is 0 Å². The number of anilines is 3. The third kappa shape index (κ3) is 6.22. The number of aromatic nitrogens is 1. The average molecular weight is 901 g/mol. The van der Waals surface area contributed by atoms with Gasteiger partial charge in [0.2, 0.25) is 0 Å². The summed E-state index contributed by atoms with van der Waals surface area (Å²) in [7, 11) is 0. The van der Waals surface area contributed by atoms with Gasteiger partial charge in [0, 0.05) is 79.3 Å². The monoisotopic (exact) mass is 900 g/mol. The van der Waals surface area contributed by atoms with Crippen molar-refractivity contribution in [3.05, 3.63) is 243 Å². The first-order chi connectivity index (χ1) is 33.7. The summed E-state index contributed by atoms with van der Waals surface area (Å²) in [4.78, 5) is 2.51. The Morgan fingerprint density at radius 3 is 1.69 bits per heavy atom. The molecule has 2 nitrogen and oxygen atoms in total. The van der Waals surface area contributed by atoms with Crippen molar-refractivity contribution in [2.75, 3.05) is 4.90 Å². The van der Waals surface area contributed by atoms with Crippen molar-refractivity contribution in [3.63, 3.8) is 0 Å². The molecule has 0 amide bonds. The molecule has 0 fully saturated rings. The highest BCUT2D eigenvalue weighted by atomic mass is 32.1. The van der Waals surface area contributed by atoms with Crippen molar-refractivity contribution < 1.29 is 0 Å². The van der Waals surface area contributed by atoms with E-state index in [1.807, 2.05) is 22.7 Å². The van der Waals surface area contributed by atoms with E-state index in [0.29, 0.717) is 0 Å². The highest BCUT2D eigenvalue weighted by molar-refractivity contribution is 7.26. The molecular weight excluding hydrogens is 861 g/mol. The minimum Gasteiger partial charge on any atom is -0.310 e. The number of thiophene rings is 2. The predicted molar refractivity (Wildman–Crippen MR) is 295 cm³/mol. The van der Waals surface area contributed by atoms with Crippen LogP contribution >= 0.6 is 22.7 Å². The molecule has 318 valence electrons. The second-order valence-corrected chi connectivity index (χ2v) is 19.8. The van der Waals surface area contributed by atoms with E-state index in [9.17, 15) is 0 Å². The molecule has 0 saturated carbocycles. The molecule has 68 heavy (non-hydrogen) atoms. The highest BCUT2D eigenvalue weighted by Gasteiger charge is 2.23. The molecular formula is C64H40N2S2. The van der Waals surface area contributed by atoms with E-state index in [-0.39, 0.29) is 0 Å². The van der Waals surface area contributed by atoms with Crippen LogP contribution in [0.25, 0.3) is 112 Å². The number of fused-ring (bicyclic) bond motifs is 10. The van der Waals surface area contributed by atoms with E-state index in [2.05, 4.69) is 252 Å². The molecule has 4 heteroatoms. The van der Waals surface area contributed by atoms with Crippen LogP contribution in [-0.4, -0.2) is 4.57 Å². The topological polar surface area (TPSA) is 8.17 Å². The Balaban J connectivity index is 1.03. The van der Waals surface area contributed by atoms with Gasteiger partial charge in [0.05, 0.1) is 16.7 Å². The first-order valence-corrected chi connectivity index (χ1v) is 24.8. The summed E-state index contributed by atoms with van der Waals surface area (Å²) in [6.07, 6.45) is 0. The van der Waals surface area contributed by atoms with Crippen LogP contribution in [0.2, 0.25) is 0 Å². The normalized spacial score (nSPS) is 11.8. The molecule has 0 unspecified atom stereocenters. The maximum atomic E-state index is 2.51. The zero-order chi connectivity index (χ0) is 44.7.